The van der Waals surface area contributed by atoms with E-state index in [0.717, 1.165) is 25.3 Å². The molecule has 0 saturated carbocycles. The molecular formula is C15H23NO2. The normalized spacial score (nSPS) is 27.4. The van der Waals surface area contributed by atoms with E-state index in [4.69, 9.17) is 9.47 Å². The summed E-state index contributed by atoms with van der Waals surface area (Å²) in [5.74, 6) is 0.942. The molecule has 0 aliphatic carbocycles. The average molecular weight is 249 g/mol. The number of ether oxygens (including phenoxy) is 2. The summed E-state index contributed by atoms with van der Waals surface area (Å²) in [6.07, 6.45) is 1.34. The van der Waals surface area contributed by atoms with Gasteiger partial charge in [-0.2, -0.15) is 0 Å². The Morgan fingerprint density at radius 1 is 1.50 bits per heavy atom. The Labute approximate surface area is 109 Å². The number of benzene rings is 1. The molecule has 2 unspecified atom stereocenters. The second-order valence-electron chi connectivity index (χ2n) is 5.11. The fraction of sp³-hybridized carbons (Fsp3) is 0.600. The molecule has 1 fully saturated rings. The van der Waals surface area contributed by atoms with Crippen molar-refractivity contribution in [2.75, 3.05) is 13.2 Å². The van der Waals surface area contributed by atoms with Crippen LogP contribution in [0.15, 0.2) is 24.3 Å². The number of rotatable bonds is 5. The molecule has 0 spiro atoms. The first-order chi connectivity index (χ1) is 8.64. The Balaban J connectivity index is 1.95. The molecule has 0 bridgehead atoms. The average Bonchev–Trinajstić information content (AvgIpc) is 2.69. The second-order valence-corrected chi connectivity index (χ2v) is 5.11. The fourth-order valence-electron chi connectivity index (χ4n) is 2.28. The van der Waals surface area contributed by atoms with Crippen molar-refractivity contribution in [3.63, 3.8) is 0 Å². The molecule has 0 aromatic heterocycles. The predicted octanol–water partition coefficient (Wildman–Crippen LogP) is 2.74. The van der Waals surface area contributed by atoms with E-state index < -0.39 is 0 Å². The van der Waals surface area contributed by atoms with Gasteiger partial charge in [0, 0.05) is 18.7 Å². The van der Waals surface area contributed by atoms with E-state index in [-0.39, 0.29) is 11.6 Å². The van der Waals surface area contributed by atoms with Crippen LogP contribution in [0.3, 0.4) is 0 Å². The smallest absolute Gasteiger partial charge is 0.119 e. The molecule has 3 heteroatoms. The largest absolute Gasteiger partial charge is 0.494 e. The highest BCUT2D eigenvalue weighted by molar-refractivity contribution is 5.28. The van der Waals surface area contributed by atoms with Gasteiger partial charge in [-0.25, -0.2) is 0 Å². The van der Waals surface area contributed by atoms with E-state index in [1.54, 1.807) is 0 Å². The second kappa shape index (κ2) is 5.72. The molecule has 1 aliphatic rings. The molecule has 3 nitrogen and oxygen atoms in total. The van der Waals surface area contributed by atoms with Crippen LogP contribution in [0.4, 0.5) is 0 Å². The first-order valence-electron chi connectivity index (χ1n) is 6.72. The molecule has 100 valence electrons. The molecule has 2 rings (SSSR count). The van der Waals surface area contributed by atoms with Crippen molar-refractivity contribution in [3.05, 3.63) is 29.8 Å². The molecule has 2 atom stereocenters. The highest BCUT2D eigenvalue weighted by Crippen LogP contribution is 2.25. The van der Waals surface area contributed by atoms with Crippen LogP contribution in [0.1, 0.15) is 32.8 Å². The molecule has 0 radical (unpaired) electrons. The Morgan fingerprint density at radius 2 is 2.33 bits per heavy atom. The van der Waals surface area contributed by atoms with Crippen molar-refractivity contribution in [1.82, 2.24) is 5.32 Å². The van der Waals surface area contributed by atoms with Gasteiger partial charge < -0.3 is 14.8 Å². The van der Waals surface area contributed by atoms with Gasteiger partial charge in [0.15, 0.2) is 0 Å². The van der Waals surface area contributed by atoms with Crippen LogP contribution in [0.25, 0.3) is 0 Å². The van der Waals surface area contributed by atoms with Crippen LogP contribution in [-0.2, 0) is 11.3 Å². The third-order valence-corrected chi connectivity index (χ3v) is 3.79. The van der Waals surface area contributed by atoms with Crippen molar-refractivity contribution >= 4 is 0 Å². The molecular weight excluding hydrogens is 226 g/mol. The van der Waals surface area contributed by atoms with E-state index in [1.165, 1.54) is 5.56 Å². The van der Waals surface area contributed by atoms with Crippen molar-refractivity contribution in [3.8, 4) is 5.75 Å². The van der Waals surface area contributed by atoms with E-state index >= 15 is 0 Å². The lowest BCUT2D eigenvalue weighted by Gasteiger charge is -2.29. The SMILES string of the molecule is CCOc1cccc(CNC2(C)CCOC2C)c1. The molecule has 1 saturated heterocycles. The third kappa shape index (κ3) is 3.03. The first kappa shape index (κ1) is 13.4. The summed E-state index contributed by atoms with van der Waals surface area (Å²) in [5.41, 5.74) is 1.34. The first-order valence-corrected chi connectivity index (χ1v) is 6.72. The van der Waals surface area contributed by atoms with Crippen molar-refractivity contribution in [2.45, 2.75) is 45.4 Å². The molecule has 1 aromatic carbocycles. The van der Waals surface area contributed by atoms with E-state index in [0.29, 0.717) is 6.61 Å². The minimum absolute atomic E-state index is 0.0849. The zero-order valence-electron chi connectivity index (χ0n) is 11.5. The maximum Gasteiger partial charge on any atom is 0.119 e. The maximum atomic E-state index is 5.63. The van der Waals surface area contributed by atoms with Gasteiger partial charge in [-0.1, -0.05) is 12.1 Å². The van der Waals surface area contributed by atoms with Crippen LogP contribution in [0.2, 0.25) is 0 Å². The Kier molecular flexibility index (Phi) is 4.25. The van der Waals surface area contributed by atoms with Crippen LogP contribution in [-0.4, -0.2) is 24.9 Å². The lowest BCUT2D eigenvalue weighted by molar-refractivity contribution is 0.0881. The van der Waals surface area contributed by atoms with E-state index in [1.807, 2.05) is 19.1 Å². The van der Waals surface area contributed by atoms with Gasteiger partial charge in [0.1, 0.15) is 5.75 Å². The molecule has 1 aromatic rings. The maximum absolute atomic E-state index is 5.63. The zero-order chi connectivity index (χ0) is 13.0. The van der Waals surface area contributed by atoms with Gasteiger partial charge >= 0.3 is 0 Å². The van der Waals surface area contributed by atoms with Gasteiger partial charge in [-0.3, -0.25) is 0 Å². The summed E-state index contributed by atoms with van der Waals surface area (Å²) < 4.78 is 11.1. The minimum Gasteiger partial charge on any atom is -0.494 e. The summed E-state index contributed by atoms with van der Waals surface area (Å²) in [7, 11) is 0. The lowest BCUT2D eigenvalue weighted by atomic mass is 9.94. The van der Waals surface area contributed by atoms with Crippen LogP contribution >= 0.6 is 0 Å². The highest BCUT2D eigenvalue weighted by atomic mass is 16.5. The van der Waals surface area contributed by atoms with Gasteiger partial charge in [-0.15, -0.1) is 0 Å². The Hall–Kier alpha value is -1.06. The molecule has 1 aliphatic heterocycles. The number of hydrogen-bond acceptors (Lipinski definition) is 3. The number of hydrogen-bond donors (Lipinski definition) is 1. The highest BCUT2D eigenvalue weighted by Gasteiger charge is 2.36. The molecule has 1 heterocycles. The molecule has 0 amide bonds. The minimum atomic E-state index is 0.0849. The van der Waals surface area contributed by atoms with E-state index in [2.05, 4.69) is 31.3 Å². The lowest BCUT2D eigenvalue weighted by Crippen LogP contribution is -2.47. The molecule has 18 heavy (non-hydrogen) atoms. The van der Waals surface area contributed by atoms with Crippen molar-refractivity contribution < 1.29 is 9.47 Å². The van der Waals surface area contributed by atoms with Gasteiger partial charge in [0.05, 0.1) is 12.7 Å². The van der Waals surface area contributed by atoms with E-state index in [9.17, 15) is 0 Å². The van der Waals surface area contributed by atoms with Crippen LogP contribution < -0.4 is 10.1 Å². The monoisotopic (exact) mass is 249 g/mol. The Bertz CT molecular complexity index is 394. The fourth-order valence-corrected chi connectivity index (χ4v) is 2.28. The topological polar surface area (TPSA) is 30.5 Å². The summed E-state index contributed by atoms with van der Waals surface area (Å²) in [6.45, 7) is 8.78. The van der Waals surface area contributed by atoms with Crippen molar-refractivity contribution in [2.24, 2.45) is 0 Å². The summed E-state index contributed by atoms with van der Waals surface area (Å²) in [6, 6.07) is 8.26. The molecule has 1 N–H and O–H groups in total. The summed E-state index contributed by atoms with van der Waals surface area (Å²) in [4.78, 5) is 0. The summed E-state index contributed by atoms with van der Waals surface area (Å²) in [5, 5.41) is 3.61. The van der Waals surface area contributed by atoms with Crippen molar-refractivity contribution in [1.29, 1.82) is 0 Å². The van der Waals surface area contributed by atoms with Crippen LogP contribution in [0.5, 0.6) is 5.75 Å². The standard InChI is InChI=1S/C15H23NO2/c1-4-17-14-7-5-6-13(10-14)11-16-15(3)8-9-18-12(15)2/h5-7,10,12,16H,4,8-9,11H2,1-3H3. The Morgan fingerprint density at radius 3 is 3.00 bits per heavy atom. The van der Waals surface area contributed by atoms with Gasteiger partial charge in [0.2, 0.25) is 0 Å². The van der Waals surface area contributed by atoms with Gasteiger partial charge in [-0.05, 0) is 44.9 Å². The quantitative estimate of drug-likeness (QED) is 0.870. The summed E-state index contributed by atoms with van der Waals surface area (Å²) >= 11 is 0. The predicted molar refractivity (Wildman–Crippen MR) is 72.9 cm³/mol. The van der Waals surface area contributed by atoms with Gasteiger partial charge in [0.25, 0.3) is 0 Å². The third-order valence-electron chi connectivity index (χ3n) is 3.79. The zero-order valence-corrected chi connectivity index (χ0v) is 11.5. The number of nitrogens with one attached hydrogen (secondary N) is 1. The van der Waals surface area contributed by atoms with Crippen LogP contribution in [0, 0.1) is 0 Å².